The van der Waals surface area contributed by atoms with Crippen LogP contribution in [0.3, 0.4) is 0 Å². The number of carbonyl (C=O) groups is 6. The van der Waals surface area contributed by atoms with Gasteiger partial charge in [0.2, 0.25) is 0 Å². The molecular weight excluding hydrogens is 706 g/mol. The first-order valence-electron chi connectivity index (χ1n) is 17.2. The Morgan fingerprint density at radius 1 is 0.630 bits per heavy atom. The van der Waals surface area contributed by atoms with Gasteiger partial charge in [-0.25, -0.2) is 9.59 Å². The average molecular weight is 748 g/mol. The molecule has 1 saturated heterocycles. The maximum absolute atomic E-state index is 13.5. The SMILES string of the molecule is CC(=O)OC[C@H]1O[C@H](OC[C@H](NC(=O)OCC2c3ccccc3-c3ccccc32)C(=O)OCc2ccccc2)[C@@H](OC(C)=O)[C@@H](OC(C)=O)[C@@H]1OC(C)=O. The van der Waals surface area contributed by atoms with Crippen molar-refractivity contribution in [3.63, 3.8) is 0 Å². The molecule has 5 rings (SSSR count). The molecule has 0 bridgehead atoms. The number of benzene rings is 3. The zero-order valence-electron chi connectivity index (χ0n) is 30.1. The van der Waals surface area contributed by atoms with E-state index in [1.54, 1.807) is 30.3 Å². The van der Waals surface area contributed by atoms with E-state index in [-0.39, 0.29) is 19.1 Å². The summed E-state index contributed by atoms with van der Waals surface area (Å²) in [5, 5.41) is 2.50. The Hall–Kier alpha value is -5.80. The van der Waals surface area contributed by atoms with Crippen molar-refractivity contribution < 1.29 is 66.7 Å². The summed E-state index contributed by atoms with van der Waals surface area (Å²) in [6.07, 6.45) is -8.34. The van der Waals surface area contributed by atoms with Crippen molar-refractivity contribution in [3.8, 4) is 11.1 Å². The highest BCUT2D eigenvalue weighted by Crippen LogP contribution is 2.44. The number of esters is 5. The molecule has 286 valence electrons. The Morgan fingerprint density at radius 3 is 1.78 bits per heavy atom. The molecule has 15 heteroatoms. The molecule has 0 saturated carbocycles. The van der Waals surface area contributed by atoms with Gasteiger partial charge in [0.05, 0.1) is 6.61 Å². The predicted octanol–water partition coefficient (Wildman–Crippen LogP) is 3.74. The van der Waals surface area contributed by atoms with Gasteiger partial charge in [-0.2, -0.15) is 0 Å². The van der Waals surface area contributed by atoms with Gasteiger partial charge in [-0.1, -0.05) is 78.9 Å². The van der Waals surface area contributed by atoms with E-state index in [2.05, 4.69) is 5.32 Å². The monoisotopic (exact) mass is 747 g/mol. The second-order valence-corrected chi connectivity index (χ2v) is 12.5. The van der Waals surface area contributed by atoms with Crippen LogP contribution in [0.15, 0.2) is 78.9 Å². The third-order valence-corrected chi connectivity index (χ3v) is 8.52. The number of nitrogens with one attached hydrogen (secondary N) is 1. The average Bonchev–Trinajstić information content (AvgIpc) is 3.46. The minimum absolute atomic E-state index is 0.0494. The van der Waals surface area contributed by atoms with E-state index < -0.39 is 85.9 Å². The maximum Gasteiger partial charge on any atom is 0.407 e. The Balaban J connectivity index is 1.36. The topological polar surface area (TPSA) is 188 Å². The smallest absolute Gasteiger partial charge is 0.407 e. The Bertz CT molecular complexity index is 1780. The summed E-state index contributed by atoms with van der Waals surface area (Å²) in [4.78, 5) is 75.1. The van der Waals surface area contributed by atoms with Crippen molar-refractivity contribution in [1.29, 1.82) is 0 Å². The fraction of sp³-hybridized carbons (Fsp3) is 0.385. The zero-order valence-corrected chi connectivity index (χ0v) is 30.1. The van der Waals surface area contributed by atoms with E-state index in [0.29, 0.717) is 5.56 Å². The largest absolute Gasteiger partial charge is 0.463 e. The number of carbonyl (C=O) groups excluding carboxylic acids is 6. The first-order valence-corrected chi connectivity index (χ1v) is 17.2. The molecule has 1 N–H and O–H groups in total. The molecule has 6 atom stereocenters. The van der Waals surface area contributed by atoms with E-state index in [1.807, 2.05) is 48.5 Å². The molecule has 3 aromatic rings. The third kappa shape index (κ3) is 10.2. The summed E-state index contributed by atoms with van der Waals surface area (Å²) in [7, 11) is 0. The van der Waals surface area contributed by atoms with Gasteiger partial charge in [0, 0.05) is 33.6 Å². The van der Waals surface area contributed by atoms with Crippen LogP contribution in [0.25, 0.3) is 11.1 Å². The van der Waals surface area contributed by atoms with Gasteiger partial charge >= 0.3 is 35.9 Å². The summed E-state index contributed by atoms with van der Waals surface area (Å²) >= 11 is 0. The maximum atomic E-state index is 13.5. The molecule has 0 spiro atoms. The van der Waals surface area contributed by atoms with Crippen LogP contribution < -0.4 is 5.32 Å². The lowest BCUT2D eigenvalue weighted by Crippen LogP contribution is -2.63. The van der Waals surface area contributed by atoms with E-state index >= 15 is 0 Å². The van der Waals surface area contributed by atoms with Crippen molar-refractivity contribution in [3.05, 3.63) is 95.6 Å². The van der Waals surface area contributed by atoms with Crippen LogP contribution in [0.4, 0.5) is 4.79 Å². The minimum Gasteiger partial charge on any atom is -0.463 e. The lowest BCUT2D eigenvalue weighted by atomic mass is 9.98. The molecule has 1 heterocycles. The van der Waals surface area contributed by atoms with Crippen LogP contribution in [0.1, 0.15) is 50.3 Å². The summed E-state index contributed by atoms with van der Waals surface area (Å²) in [5.74, 6) is -4.34. The predicted molar refractivity (Wildman–Crippen MR) is 186 cm³/mol. The highest BCUT2D eigenvalue weighted by Gasteiger charge is 2.53. The Morgan fingerprint density at radius 2 is 1.19 bits per heavy atom. The van der Waals surface area contributed by atoms with Gasteiger partial charge in [-0.05, 0) is 27.8 Å². The molecule has 2 aliphatic rings. The van der Waals surface area contributed by atoms with E-state index in [0.717, 1.165) is 49.9 Å². The van der Waals surface area contributed by atoms with Gasteiger partial charge in [0.1, 0.15) is 25.9 Å². The second-order valence-electron chi connectivity index (χ2n) is 12.5. The summed E-state index contributed by atoms with van der Waals surface area (Å²) in [6.45, 7) is 3.09. The Kier molecular flexibility index (Phi) is 13.4. The van der Waals surface area contributed by atoms with Gasteiger partial charge in [-0.3, -0.25) is 19.2 Å². The van der Waals surface area contributed by atoms with Gasteiger partial charge in [-0.15, -0.1) is 0 Å². The van der Waals surface area contributed by atoms with Gasteiger partial charge in [0.15, 0.2) is 30.6 Å². The number of fused-ring (bicyclic) bond motifs is 3. The number of alkyl carbamates (subject to hydrolysis) is 1. The van der Waals surface area contributed by atoms with Crippen molar-refractivity contribution in [2.75, 3.05) is 19.8 Å². The summed E-state index contributed by atoms with van der Waals surface area (Å²) < 4.78 is 44.5. The quantitative estimate of drug-likeness (QED) is 0.186. The molecule has 0 aromatic heterocycles. The van der Waals surface area contributed by atoms with E-state index in [1.165, 1.54) is 0 Å². The second kappa shape index (κ2) is 18.3. The first kappa shape index (κ1) is 39.4. The fourth-order valence-corrected chi connectivity index (χ4v) is 6.29. The van der Waals surface area contributed by atoms with E-state index in [4.69, 9.17) is 37.9 Å². The standard InChI is InChI=1S/C39H41NO14/c1-22(41)47-21-33-34(51-23(2)42)35(52-24(3)43)36(53-25(4)44)38(54-33)49-20-32(37(45)48-18-26-12-6-5-7-13-26)40-39(46)50-19-31-29-16-10-8-14-27(29)28-15-9-11-17-30(28)31/h5-17,31-36,38H,18-21H2,1-4H3,(H,40,46)/t32-,33+,34+,35-,36-,38-/m0/s1. The number of hydrogen-bond donors (Lipinski definition) is 1. The normalized spacial score (nSPS) is 20.6. The van der Waals surface area contributed by atoms with Crippen LogP contribution in [0, 0.1) is 0 Å². The van der Waals surface area contributed by atoms with E-state index in [9.17, 15) is 28.8 Å². The lowest BCUT2D eigenvalue weighted by Gasteiger charge is -2.44. The fourth-order valence-electron chi connectivity index (χ4n) is 6.29. The molecule has 54 heavy (non-hydrogen) atoms. The van der Waals surface area contributed by atoms with Crippen LogP contribution in [-0.2, 0) is 68.5 Å². The highest BCUT2D eigenvalue weighted by molar-refractivity contribution is 5.82. The molecule has 0 unspecified atom stereocenters. The third-order valence-electron chi connectivity index (χ3n) is 8.52. The van der Waals surface area contributed by atoms with Crippen LogP contribution in [-0.4, -0.2) is 92.5 Å². The van der Waals surface area contributed by atoms with Crippen LogP contribution >= 0.6 is 0 Å². The van der Waals surface area contributed by atoms with Crippen LogP contribution in [0.2, 0.25) is 0 Å². The van der Waals surface area contributed by atoms with Crippen molar-refractivity contribution >= 4 is 35.9 Å². The van der Waals surface area contributed by atoms with Crippen molar-refractivity contribution in [2.24, 2.45) is 0 Å². The molecule has 15 nitrogen and oxygen atoms in total. The molecule has 1 aliphatic carbocycles. The van der Waals surface area contributed by atoms with Crippen molar-refractivity contribution in [1.82, 2.24) is 5.32 Å². The molecule has 1 fully saturated rings. The molecule has 0 radical (unpaired) electrons. The first-order chi connectivity index (χ1) is 25.9. The summed E-state index contributed by atoms with van der Waals surface area (Å²) in [6, 6.07) is 22.9. The molecule has 3 aromatic carbocycles. The molecule has 1 aliphatic heterocycles. The lowest BCUT2D eigenvalue weighted by molar-refractivity contribution is -0.308. The number of amides is 1. The minimum atomic E-state index is -1.61. The molecular formula is C39H41NO14. The highest BCUT2D eigenvalue weighted by atomic mass is 16.7. The van der Waals surface area contributed by atoms with Gasteiger partial charge < -0.3 is 43.2 Å². The Labute approximate surface area is 311 Å². The number of hydrogen-bond acceptors (Lipinski definition) is 14. The summed E-state index contributed by atoms with van der Waals surface area (Å²) in [5.41, 5.74) is 4.70. The van der Waals surface area contributed by atoms with Crippen molar-refractivity contribution in [2.45, 2.75) is 77.0 Å². The van der Waals surface area contributed by atoms with Gasteiger partial charge in [0.25, 0.3) is 0 Å². The number of rotatable bonds is 14. The zero-order chi connectivity index (χ0) is 38.8. The molecule has 1 amide bonds. The van der Waals surface area contributed by atoms with Crippen LogP contribution in [0.5, 0.6) is 0 Å². The number of ether oxygens (including phenoxy) is 8.